The zero-order chi connectivity index (χ0) is 14.6. The van der Waals surface area contributed by atoms with Gasteiger partial charge >= 0.3 is 0 Å². The number of hydrogen-bond acceptors (Lipinski definition) is 2. The molecule has 1 aliphatic rings. The fraction of sp³-hybridized carbons (Fsp3) is 1.00. The lowest BCUT2D eigenvalue weighted by Crippen LogP contribution is -2.39. The monoisotopic (exact) mass is 283 g/mol. The van der Waals surface area contributed by atoms with E-state index in [-0.39, 0.29) is 6.10 Å². The molecule has 0 radical (unpaired) electrons. The normalized spacial score (nSPS) is 23.4. The molecule has 0 amide bonds. The van der Waals surface area contributed by atoms with Gasteiger partial charge in [-0.05, 0) is 31.6 Å². The molecule has 0 spiro atoms. The molecule has 0 saturated heterocycles. The van der Waals surface area contributed by atoms with Crippen LogP contribution in [0.2, 0.25) is 0 Å². The molecule has 2 N–H and O–H groups in total. The molecule has 0 aliphatic heterocycles. The minimum absolute atomic E-state index is 0.0526. The summed E-state index contributed by atoms with van der Waals surface area (Å²) in [5.74, 6) is 0.503. The zero-order valence-corrected chi connectivity index (χ0v) is 13.9. The molecule has 1 rings (SSSR count). The van der Waals surface area contributed by atoms with E-state index in [0.29, 0.717) is 12.0 Å². The summed E-state index contributed by atoms with van der Waals surface area (Å²) in [6.07, 6.45) is 15.4. The van der Waals surface area contributed by atoms with Crippen molar-refractivity contribution < 1.29 is 5.11 Å². The van der Waals surface area contributed by atoms with Crippen LogP contribution in [0.25, 0.3) is 0 Å². The molecule has 2 heteroatoms. The first-order valence-electron chi connectivity index (χ1n) is 9.19. The van der Waals surface area contributed by atoms with Crippen molar-refractivity contribution in [2.24, 2.45) is 5.92 Å². The van der Waals surface area contributed by atoms with Crippen LogP contribution in [0.15, 0.2) is 0 Å². The van der Waals surface area contributed by atoms with Crippen LogP contribution in [-0.2, 0) is 0 Å². The maximum Gasteiger partial charge on any atom is 0.0580 e. The molecule has 20 heavy (non-hydrogen) atoms. The van der Waals surface area contributed by atoms with Gasteiger partial charge in [0.2, 0.25) is 0 Å². The number of hydrogen-bond donors (Lipinski definition) is 2. The minimum atomic E-state index is -0.0526. The summed E-state index contributed by atoms with van der Waals surface area (Å²) in [5, 5.41) is 13.8. The van der Waals surface area contributed by atoms with Gasteiger partial charge in [0.1, 0.15) is 0 Å². The Morgan fingerprint density at radius 3 is 2.10 bits per heavy atom. The largest absolute Gasteiger partial charge is 0.393 e. The summed E-state index contributed by atoms with van der Waals surface area (Å²) in [6, 6.07) is 0.683. The average Bonchev–Trinajstić information content (AvgIpc) is 2.46. The van der Waals surface area contributed by atoms with Crippen molar-refractivity contribution in [2.75, 3.05) is 6.54 Å². The van der Waals surface area contributed by atoms with Crippen LogP contribution in [-0.4, -0.2) is 23.8 Å². The van der Waals surface area contributed by atoms with Crippen LogP contribution < -0.4 is 5.32 Å². The molecule has 0 aromatic carbocycles. The van der Waals surface area contributed by atoms with Crippen molar-refractivity contribution in [3.63, 3.8) is 0 Å². The molecule has 2 unspecified atom stereocenters. The van der Waals surface area contributed by atoms with Crippen LogP contribution in [0.5, 0.6) is 0 Å². The van der Waals surface area contributed by atoms with Gasteiger partial charge in [-0.1, -0.05) is 65.2 Å². The SMILES string of the molecule is CCCCCC(CCCCC)NCC1CCCCC1O. The fourth-order valence-corrected chi connectivity index (χ4v) is 3.37. The number of unbranched alkanes of at least 4 members (excludes halogenated alkanes) is 4. The predicted molar refractivity (Wildman–Crippen MR) is 88.0 cm³/mol. The van der Waals surface area contributed by atoms with Gasteiger partial charge in [0, 0.05) is 12.6 Å². The smallest absolute Gasteiger partial charge is 0.0580 e. The molecule has 0 bridgehead atoms. The minimum Gasteiger partial charge on any atom is -0.393 e. The highest BCUT2D eigenvalue weighted by Gasteiger charge is 2.23. The van der Waals surface area contributed by atoms with Crippen molar-refractivity contribution in [1.29, 1.82) is 0 Å². The Hall–Kier alpha value is -0.0800. The zero-order valence-electron chi connectivity index (χ0n) is 13.9. The van der Waals surface area contributed by atoms with Gasteiger partial charge in [0.05, 0.1) is 6.10 Å². The first-order valence-corrected chi connectivity index (χ1v) is 9.19. The number of aliphatic hydroxyl groups excluding tert-OH is 1. The molecule has 2 atom stereocenters. The van der Waals surface area contributed by atoms with Gasteiger partial charge in [-0.3, -0.25) is 0 Å². The van der Waals surface area contributed by atoms with E-state index in [9.17, 15) is 5.11 Å². The van der Waals surface area contributed by atoms with Crippen LogP contribution >= 0.6 is 0 Å². The second-order valence-electron chi connectivity index (χ2n) is 6.71. The lowest BCUT2D eigenvalue weighted by molar-refractivity contribution is 0.0676. The van der Waals surface area contributed by atoms with E-state index in [4.69, 9.17) is 0 Å². The van der Waals surface area contributed by atoms with Gasteiger partial charge in [-0.2, -0.15) is 0 Å². The lowest BCUT2D eigenvalue weighted by Gasteiger charge is -2.30. The van der Waals surface area contributed by atoms with Crippen molar-refractivity contribution in [1.82, 2.24) is 5.32 Å². The molecule has 0 aromatic rings. The number of aliphatic hydroxyl groups is 1. The van der Waals surface area contributed by atoms with Crippen LogP contribution in [0.4, 0.5) is 0 Å². The maximum atomic E-state index is 10.1. The first kappa shape index (κ1) is 18.0. The summed E-state index contributed by atoms with van der Waals surface area (Å²) in [5.41, 5.74) is 0. The molecule has 1 aliphatic carbocycles. The lowest BCUT2D eigenvalue weighted by atomic mass is 9.86. The predicted octanol–water partition coefficient (Wildman–Crippen LogP) is 4.66. The molecule has 2 nitrogen and oxygen atoms in total. The van der Waals surface area contributed by atoms with Gasteiger partial charge < -0.3 is 10.4 Å². The second-order valence-corrected chi connectivity index (χ2v) is 6.71. The first-order chi connectivity index (χ1) is 9.77. The molecule has 0 aromatic heterocycles. The van der Waals surface area contributed by atoms with Gasteiger partial charge in [-0.15, -0.1) is 0 Å². The molecule has 1 saturated carbocycles. The molecule has 1 fully saturated rings. The summed E-state index contributed by atoms with van der Waals surface area (Å²) in [6.45, 7) is 5.58. The van der Waals surface area contributed by atoms with Crippen LogP contribution in [0.1, 0.15) is 90.9 Å². The quantitative estimate of drug-likeness (QED) is 0.541. The van der Waals surface area contributed by atoms with E-state index in [0.717, 1.165) is 13.0 Å². The topological polar surface area (TPSA) is 32.3 Å². The average molecular weight is 283 g/mol. The summed E-state index contributed by atoms with van der Waals surface area (Å²) in [7, 11) is 0. The van der Waals surface area contributed by atoms with E-state index in [1.807, 2.05) is 0 Å². The van der Waals surface area contributed by atoms with Crippen molar-refractivity contribution in [2.45, 2.75) is 103 Å². The number of nitrogens with one attached hydrogen (secondary N) is 1. The Balaban J connectivity index is 2.25. The molecular formula is C18H37NO. The highest BCUT2D eigenvalue weighted by Crippen LogP contribution is 2.24. The Morgan fingerprint density at radius 2 is 1.55 bits per heavy atom. The molecular weight excluding hydrogens is 246 g/mol. The van der Waals surface area contributed by atoms with E-state index >= 15 is 0 Å². The van der Waals surface area contributed by atoms with E-state index in [2.05, 4.69) is 19.2 Å². The van der Waals surface area contributed by atoms with Gasteiger partial charge in [-0.25, -0.2) is 0 Å². The van der Waals surface area contributed by atoms with Crippen LogP contribution in [0, 0.1) is 5.92 Å². The van der Waals surface area contributed by atoms with Gasteiger partial charge in [0.15, 0.2) is 0 Å². The van der Waals surface area contributed by atoms with E-state index in [1.54, 1.807) is 0 Å². The maximum absolute atomic E-state index is 10.1. The third-order valence-electron chi connectivity index (χ3n) is 4.85. The molecule has 0 heterocycles. The summed E-state index contributed by atoms with van der Waals surface area (Å²) < 4.78 is 0. The van der Waals surface area contributed by atoms with E-state index in [1.165, 1.54) is 70.6 Å². The van der Waals surface area contributed by atoms with Crippen molar-refractivity contribution in [3.05, 3.63) is 0 Å². The summed E-state index contributed by atoms with van der Waals surface area (Å²) in [4.78, 5) is 0. The second kappa shape index (κ2) is 11.6. The molecule has 120 valence electrons. The highest BCUT2D eigenvalue weighted by molar-refractivity contribution is 4.78. The summed E-state index contributed by atoms with van der Waals surface area (Å²) >= 11 is 0. The van der Waals surface area contributed by atoms with Crippen molar-refractivity contribution >= 4 is 0 Å². The Labute approximate surface area is 126 Å². The van der Waals surface area contributed by atoms with Crippen LogP contribution in [0.3, 0.4) is 0 Å². The van der Waals surface area contributed by atoms with Gasteiger partial charge in [0.25, 0.3) is 0 Å². The third-order valence-corrected chi connectivity index (χ3v) is 4.85. The van der Waals surface area contributed by atoms with Crippen molar-refractivity contribution in [3.8, 4) is 0 Å². The Kier molecular flexibility index (Phi) is 10.4. The van der Waals surface area contributed by atoms with E-state index < -0.39 is 0 Å². The highest BCUT2D eigenvalue weighted by atomic mass is 16.3. The third kappa shape index (κ3) is 7.64. The fourth-order valence-electron chi connectivity index (χ4n) is 3.37. The number of rotatable bonds is 11. The standard InChI is InChI=1S/C18H37NO/c1-3-5-7-12-17(13-8-6-4-2)19-15-16-11-9-10-14-18(16)20/h16-20H,3-15H2,1-2H3. The Bertz CT molecular complexity index is 209. The Morgan fingerprint density at radius 1 is 0.950 bits per heavy atom.